The largest absolute Gasteiger partial charge is 0.494 e. The van der Waals surface area contributed by atoms with E-state index in [4.69, 9.17) is 9.47 Å². The molecule has 9 heteroatoms. The molecular weight excluding hydrogens is 408 g/mol. The maximum Gasteiger partial charge on any atom is 0.230 e. The quantitative estimate of drug-likeness (QED) is 0.356. The van der Waals surface area contributed by atoms with E-state index in [9.17, 15) is 4.79 Å². The van der Waals surface area contributed by atoms with Crippen LogP contribution < -0.4 is 14.8 Å². The Morgan fingerprint density at radius 3 is 2.72 bits per heavy atom. The number of H-pyrrole nitrogens is 1. The van der Waals surface area contributed by atoms with Crippen LogP contribution in [0.15, 0.2) is 46.9 Å². The maximum absolute atomic E-state index is 11.9. The molecule has 0 aliphatic heterocycles. The minimum absolute atomic E-state index is 0.0919. The molecular formula is C20H22N4O3S2. The summed E-state index contributed by atoms with van der Waals surface area (Å²) in [6, 6.07) is 11.4. The van der Waals surface area contributed by atoms with Crippen molar-refractivity contribution in [2.45, 2.75) is 12.1 Å². The Hall–Kier alpha value is -2.78. The number of carbonyl (C=O) groups excluding carboxylic acids is 1. The standard InChI is InChI=1S/C20H22N4O3S2/c1-2-26-15-5-7-16(8-6-15)27-12-11-21-19(25)14-29-20-22-18(23-24-20)10-9-17-4-3-13-28-17/h3-10,13H,2,11-12,14H2,1H3,(H,21,25)(H,22,23,24)/b10-9+. The van der Waals surface area contributed by atoms with E-state index in [2.05, 4.69) is 20.5 Å². The Balaban J connectivity index is 1.32. The van der Waals surface area contributed by atoms with E-state index in [1.807, 2.05) is 60.9 Å². The number of hydrogen-bond donors (Lipinski definition) is 2. The lowest BCUT2D eigenvalue weighted by atomic mass is 10.3. The van der Waals surface area contributed by atoms with Crippen molar-refractivity contribution in [2.75, 3.05) is 25.5 Å². The van der Waals surface area contributed by atoms with Crippen molar-refractivity contribution in [3.05, 3.63) is 52.5 Å². The minimum Gasteiger partial charge on any atom is -0.494 e. The van der Waals surface area contributed by atoms with Gasteiger partial charge in [-0.3, -0.25) is 9.89 Å². The zero-order valence-corrected chi connectivity index (χ0v) is 17.6. The summed E-state index contributed by atoms with van der Waals surface area (Å²) in [4.78, 5) is 17.4. The molecule has 0 spiro atoms. The zero-order chi connectivity index (χ0) is 20.3. The highest BCUT2D eigenvalue weighted by Gasteiger charge is 2.06. The fraction of sp³-hybridized carbons (Fsp3) is 0.250. The molecule has 7 nitrogen and oxygen atoms in total. The average Bonchev–Trinajstić information content (AvgIpc) is 3.41. The van der Waals surface area contributed by atoms with E-state index in [0.29, 0.717) is 30.7 Å². The molecule has 0 fully saturated rings. The highest BCUT2D eigenvalue weighted by atomic mass is 32.2. The van der Waals surface area contributed by atoms with Crippen molar-refractivity contribution in [3.63, 3.8) is 0 Å². The molecule has 0 atom stereocenters. The second-order valence-corrected chi connectivity index (χ2v) is 7.67. The van der Waals surface area contributed by atoms with E-state index in [-0.39, 0.29) is 11.7 Å². The van der Waals surface area contributed by atoms with Crippen LogP contribution in [0.4, 0.5) is 0 Å². The van der Waals surface area contributed by atoms with Gasteiger partial charge in [-0.2, -0.15) is 0 Å². The molecule has 2 N–H and O–H groups in total. The highest BCUT2D eigenvalue weighted by Crippen LogP contribution is 2.17. The number of aromatic amines is 1. The van der Waals surface area contributed by atoms with Crippen LogP contribution in [0.2, 0.25) is 0 Å². The van der Waals surface area contributed by atoms with Crippen molar-refractivity contribution < 1.29 is 14.3 Å². The number of ether oxygens (including phenoxy) is 2. The molecule has 0 saturated carbocycles. The fourth-order valence-electron chi connectivity index (χ4n) is 2.28. The van der Waals surface area contributed by atoms with Gasteiger partial charge >= 0.3 is 0 Å². The van der Waals surface area contributed by atoms with Gasteiger partial charge in [0.2, 0.25) is 11.1 Å². The summed E-state index contributed by atoms with van der Waals surface area (Å²) in [5, 5.41) is 12.3. The van der Waals surface area contributed by atoms with Crippen LogP contribution in [0.1, 0.15) is 17.6 Å². The Morgan fingerprint density at radius 1 is 1.21 bits per heavy atom. The molecule has 29 heavy (non-hydrogen) atoms. The van der Waals surface area contributed by atoms with Gasteiger partial charge in [-0.1, -0.05) is 17.8 Å². The first-order valence-electron chi connectivity index (χ1n) is 9.12. The van der Waals surface area contributed by atoms with E-state index in [0.717, 1.165) is 16.4 Å². The first-order valence-corrected chi connectivity index (χ1v) is 11.0. The first kappa shape index (κ1) is 20.9. The SMILES string of the molecule is CCOc1ccc(OCCNC(=O)CSc2n[nH]c(/C=C/c3cccs3)n2)cc1. The van der Waals surface area contributed by atoms with Crippen molar-refractivity contribution >= 4 is 41.2 Å². The molecule has 0 radical (unpaired) electrons. The predicted octanol–water partition coefficient (Wildman–Crippen LogP) is 3.72. The molecule has 0 aliphatic rings. The molecule has 0 aliphatic carbocycles. The van der Waals surface area contributed by atoms with Crippen LogP contribution in [0.25, 0.3) is 12.2 Å². The zero-order valence-electron chi connectivity index (χ0n) is 16.0. The second kappa shape index (κ2) is 11.3. The molecule has 1 amide bonds. The fourth-order valence-corrected chi connectivity index (χ4v) is 3.54. The number of amides is 1. The van der Waals surface area contributed by atoms with Gasteiger partial charge in [0.15, 0.2) is 0 Å². The van der Waals surface area contributed by atoms with Crippen molar-refractivity contribution in [1.29, 1.82) is 0 Å². The van der Waals surface area contributed by atoms with Gasteiger partial charge in [-0.15, -0.1) is 16.4 Å². The molecule has 1 aromatic carbocycles. The van der Waals surface area contributed by atoms with E-state index in [1.165, 1.54) is 11.8 Å². The number of thiophene rings is 1. The molecule has 0 bridgehead atoms. The number of nitrogens with zero attached hydrogens (tertiary/aromatic N) is 2. The Morgan fingerprint density at radius 2 is 2.00 bits per heavy atom. The van der Waals surface area contributed by atoms with Crippen molar-refractivity contribution in [1.82, 2.24) is 20.5 Å². The van der Waals surface area contributed by atoms with E-state index in [1.54, 1.807) is 11.3 Å². The van der Waals surface area contributed by atoms with Crippen LogP contribution in [0.3, 0.4) is 0 Å². The summed E-state index contributed by atoms with van der Waals surface area (Å²) in [7, 11) is 0. The summed E-state index contributed by atoms with van der Waals surface area (Å²) in [6.45, 7) is 3.39. The monoisotopic (exact) mass is 430 g/mol. The summed E-state index contributed by atoms with van der Waals surface area (Å²) in [5.41, 5.74) is 0. The van der Waals surface area contributed by atoms with Crippen LogP contribution >= 0.6 is 23.1 Å². The van der Waals surface area contributed by atoms with Gasteiger partial charge in [-0.05, 0) is 54.8 Å². The van der Waals surface area contributed by atoms with Crippen molar-refractivity contribution in [2.24, 2.45) is 0 Å². The topological polar surface area (TPSA) is 89.1 Å². The molecule has 3 aromatic rings. The van der Waals surface area contributed by atoms with Gasteiger partial charge in [0.05, 0.1) is 18.9 Å². The third-order valence-corrected chi connectivity index (χ3v) is 5.28. The van der Waals surface area contributed by atoms with Crippen molar-refractivity contribution in [3.8, 4) is 11.5 Å². The summed E-state index contributed by atoms with van der Waals surface area (Å²) < 4.78 is 11.0. The van der Waals surface area contributed by atoms with Crippen LogP contribution in [-0.2, 0) is 4.79 Å². The lowest BCUT2D eigenvalue weighted by Gasteiger charge is -2.08. The molecule has 2 heterocycles. The number of benzene rings is 1. The van der Waals surface area contributed by atoms with Crippen LogP contribution in [0.5, 0.6) is 11.5 Å². The normalized spacial score (nSPS) is 10.9. The molecule has 152 valence electrons. The Bertz CT molecular complexity index is 908. The lowest BCUT2D eigenvalue weighted by Crippen LogP contribution is -2.29. The van der Waals surface area contributed by atoms with Gasteiger partial charge in [-0.25, -0.2) is 4.98 Å². The van der Waals surface area contributed by atoms with Gasteiger partial charge in [0.1, 0.15) is 23.9 Å². The third-order valence-electron chi connectivity index (χ3n) is 3.59. The Labute approximate surface area is 177 Å². The molecule has 3 rings (SSSR count). The number of thioether (sulfide) groups is 1. The second-order valence-electron chi connectivity index (χ2n) is 5.74. The summed E-state index contributed by atoms with van der Waals surface area (Å²) >= 11 is 2.93. The number of rotatable bonds is 11. The third kappa shape index (κ3) is 7.28. The number of aromatic nitrogens is 3. The van der Waals surface area contributed by atoms with Gasteiger partial charge in [0, 0.05) is 4.88 Å². The predicted molar refractivity (Wildman–Crippen MR) is 116 cm³/mol. The average molecular weight is 431 g/mol. The van der Waals surface area contributed by atoms with E-state index >= 15 is 0 Å². The molecule has 0 unspecified atom stereocenters. The summed E-state index contributed by atoms with van der Waals surface area (Å²) in [6.07, 6.45) is 3.83. The van der Waals surface area contributed by atoms with Gasteiger partial charge in [0.25, 0.3) is 0 Å². The Kier molecular flexibility index (Phi) is 8.14. The smallest absolute Gasteiger partial charge is 0.230 e. The molecule has 0 saturated heterocycles. The van der Waals surface area contributed by atoms with E-state index < -0.39 is 0 Å². The number of nitrogens with one attached hydrogen (secondary N) is 2. The highest BCUT2D eigenvalue weighted by molar-refractivity contribution is 7.99. The molecule has 2 aromatic heterocycles. The first-order chi connectivity index (χ1) is 14.2. The van der Waals surface area contributed by atoms with Gasteiger partial charge < -0.3 is 14.8 Å². The number of carbonyl (C=O) groups is 1. The minimum atomic E-state index is -0.0919. The van der Waals surface area contributed by atoms with Crippen LogP contribution in [-0.4, -0.2) is 46.6 Å². The van der Waals surface area contributed by atoms with Crippen LogP contribution in [0, 0.1) is 0 Å². The lowest BCUT2D eigenvalue weighted by molar-refractivity contribution is -0.118. The summed E-state index contributed by atoms with van der Waals surface area (Å²) in [5.74, 6) is 2.36. The maximum atomic E-state index is 11.9. The number of hydrogen-bond acceptors (Lipinski definition) is 7.